The molecule has 0 aliphatic rings. The molecule has 0 fully saturated rings. The molecule has 1 aromatic carbocycles. The van der Waals surface area contributed by atoms with Crippen LogP contribution in [-0.4, -0.2) is 44.4 Å². The Morgan fingerprint density at radius 3 is 2.20 bits per heavy atom. The summed E-state index contributed by atoms with van der Waals surface area (Å²) < 4.78 is 10.8. The topological polar surface area (TPSA) is 47.7 Å². The van der Waals surface area contributed by atoms with Gasteiger partial charge >= 0.3 is 0 Å². The molecule has 4 nitrogen and oxygen atoms in total. The fourth-order valence-corrected chi connectivity index (χ4v) is 2.08. The quantitative estimate of drug-likeness (QED) is 0.533. The lowest BCUT2D eigenvalue weighted by atomic mass is 10.1. The number of benzene rings is 1. The normalized spacial score (nSPS) is 11.2. The van der Waals surface area contributed by atoms with Crippen molar-refractivity contribution in [3.05, 3.63) is 28.8 Å². The zero-order valence-electron chi connectivity index (χ0n) is 12.4. The lowest BCUT2D eigenvalue weighted by molar-refractivity contribution is 0.0798. The van der Waals surface area contributed by atoms with Crippen LogP contribution in [-0.2, 0) is 16.0 Å². The number of ether oxygens (including phenoxy) is 2. The second-order valence-electron chi connectivity index (χ2n) is 4.51. The third kappa shape index (κ3) is 6.57. The van der Waals surface area contributed by atoms with Gasteiger partial charge in [0.1, 0.15) is 0 Å². The van der Waals surface area contributed by atoms with Crippen molar-refractivity contribution in [3.8, 4) is 0 Å². The van der Waals surface area contributed by atoms with Crippen molar-refractivity contribution in [2.24, 2.45) is 0 Å². The Balaban J connectivity index is 2.56. The summed E-state index contributed by atoms with van der Waals surface area (Å²) in [5, 5.41) is 0.668. The minimum Gasteiger partial charge on any atom is -0.398 e. The molecule has 0 aliphatic heterocycles. The largest absolute Gasteiger partial charge is 0.398 e. The molecule has 5 heteroatoms. The summed E-state index contributed by atoms with van der Waals surface area (Å²) in [5.41, 5.74) is 7.82. The van der Waals surface area contributed by atoms with E-state index in [9.17, 15) is 0 Å². The molecule has 114 valence electrons. The van der Waals surface area contributed by atoms with Crippen molar-refractivity contribution < 1.29 is 9.47 Å². The van der Waals surface area contributed by atoms with Gasteiger partial charge in [-0.15, -0.1) is 0 Å². The van der Waals surface area contributed by atoms with Gasteiger partial charge in [-0.2, -0.15) is 0 Å². The first-order chi connectivity index (χ1) is 9.67. The third-order valence-electron chi connectivity index (χ3n) is 3.01. The Hall–Kier alpha value is -0.810. The van der Waals surface area contributed by atoms with E-state index in [0.717, 1.165) is 57.3 Å². The van der Waals surface area contributed by atoms with Crippen LogP contribution in [0.15, 0.2) is 18.2 Å². The van der Waals surface area contributed by atoms with E-state index in [4.69, 9.17) is 26.8 Å². The van der Waals surface area contributed by atoms with Crippen molar-refractivity contribution in [2.75, 3.05) is 45.3 Å². The summed E-state index contributed by atoms with van der Waals surface area (Å²) in [7, 11) is 0. The van der Waals surface area contributed by atoms with Gasteiger partial charge in [0.2, 0.25) is 0 Å². The van der Waals surface area contributed by atoms with Gasteiger partial charge in [0.25, 0.3) is 0 Å². The van der Waals surface area contributed by atoms with Gasteiger partial charge < -0.3 is 15.2 Å². The molecule has 0 radical (unpaired) electrons. The Kier molecular flexibility index (Phi) is 8.62. The predicted molar refractivity (Wildman–Crippen MR) is 84.1 cm³/mol. The van der Waals surface area contributed by atoms with Crippen molar-refractivity contribution in [1.29, 1.82) is 0 Å². The zero-order chi connectivity index (χ0) is 14.8. The first-order valence-corrected chi connectivity index (χ1v) is 7.46. The molecule has 0 spiro atoms. The summed E-state index contributed by atoms with van der Waals surface area (Å²) in [5.74, 6) is 0. The summed E-state index contributed by atoms with van der Waals surface area (Å²) in [6.07, 6.45) is 0. The number of nitrogens with zero attached hydrogens (tertiary/aromatic N) is 1. The van der Waals surface area contributed by atoms with E-state index >= 15 is 0 Å². The van der Waals surface area contributed by atoms with Crippen molar-refractivity contribution in [3.63, 3.8) is 0 Å². The van der Waals surface area contributed by atoms with Crippen LogP contribution in [0, 0.1) is 0 Å². The Morgan fingerprint density at radius 1 is 1.10 bits per heavy atom. The molecule has 2 N–H and O–H groups in total. The van der Waals surface area contributed by atoms with Crippen LogP contribution in [0.3, 0.4) is 0 Å². The van der Waals surface area contributed by atoms with Gasteiger partial charge in [-0.25, -0.2) is 0 Å². The Bertz CT molecular complexity index is 378. The summed E-state index contributed by atoms with van der Waals surface area (Å²) in [6, 6.07) is 5.64. The fourth-order valence-electron chi connectivity index (χ4n) is 1.90. The monoisotopic (exact) mass is 300 g/mol. The van der Waals surface area contributed by atoms with E-state index in [1.807, 2.05) is 26.0 Å². The molecular weight excluding hydrogens is 276 g/mol. The van der Waals surface area contributed by atoms with Gasteiger partial charge in [-0.1, -0.05) is 17.7 Å². The van der Waals surface area contributed by atoms with Crippen LogP contribution >= 0.6 is 11.6 Å². The molecule has 0 atom stereocenters. The van der Waals surface area contributed by atoms with E-state index < -0.39 is 0 Å². The highest BCUT2D eigenvalue weighted by atomic mass is 35.5. The number of hydrogen-bond acceptors (Lipinski definition) is 4. The summed E-state index contributed by atoms with van der Waals surface area (Å²) in [6.45, 7) is 9.43. The van der Waals surface area contributed by atoms with E-state index in [1.165, 1.54) is 0 Å². The predicted octanol–water partition coefficient (Wildman–Crippen LogP) is 2.80. The second-order valence-corrected chi connectivity index (χ2v) is 4.95. The van der Waals surface area contributed by atoms with E-state index in [2.05, 4.69) is 4.90 Å². The second kappa shape index (κ2) is 10.00. The maximum atomic E-state index is 6.01. The van der Waals surface area contributed by atoms with Crippen molar-refractivity contribution in [1.82, 2.24) is 4.90 Å². The Labute approximate surface area is 126 Å². The number of rotatable bonds is 10. The first-order valence-electron chi connectivity index (χ1n) is 7.09. The molecule has 1 rings (SSSR count). The molecule has 0 saturated heterocycles. The highest BCUT2D eigenvalue weighted by Crippen LogP contribution is 2.19. The van der Waals surface area contributed by atoms with E-state index in [-0.39, 0.29) is 0 Å². The summed E-state index contributed by atoms with van der Waals surface area (Å²) >= 11 is 5.92. The highest BCUT2D eigenvalue weighted by Gasteiger charge is 2.08. The SMILES string of the molecule is CCOCCN(CCOCC)Cc1ccc(Cl)cc1N. The zero-order valence-corrected chi connectivity index (χ0v) is 13.2. The number of anilines is 1. The molecule has 0 aliphatic carbocycles. The molecule has 0 heterocycles. The third-order valence-corrected chi connectivity index (χ3v) is 3.25. The van der Waals surface area contributed by atoms with Gasteiger partial charge in [0.15, 0.2) is 0 Å². The molecule has 0 amide bonds. The number of halogens is 1. The molecular formula is C15H25ClN2O2. The van der Waals surface area contributed by atoms with Gasteiger partial charge in [-0.3, -0.25) is 4.90 Å². The van der Waals surface area contributed by atoms with Crippen LogP contribution in [0.1, 0.15) is 19.4 Å². The molecule has 0 aromatic heterocycles. The van der Waals surface area contributed by atoms with Crippen LogP contribution in [0.2, 0.25) is 5.02 Å². The molecule has 0 saturated carbocycles. The maximum Gasteiger partial charge on any atom is 0.0593 e. The minimum absolute atomic E-state index is 0.668. The standard InChI is InChI=1S/C15H25ClN2O2/c1-3-19-9-7-18(8-10-20-4-2)12-13-5-6-14(16)11-15(13)17/h5-6,11H,3-4,7-10,12,17H2,1-2H3. The van der Waals surface area contributed by atoms with Gasteiger partial charge in [0.05, 0.1) is 13.2 Å². The molecule has 0 bridgehead atoms. The first kappa shape index (κ1) is 17.2. The smallest absolute Gasteiger partial charge is 0.0593 e. The van der Waals surface area contributed by atoms with Crippen LogP contribution in [0.25, 0.3) is 0 Å². The summed E-state index contributed by atoms with van der Waals surface area (Å²) in [4.78, 5) is 2.28. The average molecular weight is 301 g/mol. The minimum atomic E-state index is 0.668. The number of nitrogen functional groups attached to an aromatic ring is 1. The fraction of sp³-hybridized carbons (Fsp3) is 0.600. The van der Waals surface area contributed by atoms with Crippen LogP contribution in [0.4, 0.5) is 5.69 Å². The van der Waals surface area contributed by atoms with Crippen molar-refractivity contribution in [2.45, 2.75) is 20.4 Å². The lowest BCUT2D eigenvalue weighted by Crippen LogP contribution is -2.31. The molecule has 20 heavy (non-hydrogen) atoms. The van der Waals surface area contributed by atoms with Crippen molar-refractivity contribution >= 4 is 17.3 Å². The molecule has 0 unspecified atom stereocenters. The van der Waals surface area contributed by atoms with Crippen LogP contribution in [0.5, 0.6) is 0 Å². The highest BCUT2D eigenvalue weighted by molar-refractivity contribution is 6.30. The van der Waals surface area contributed by atoms with E-state index in [1.54, 1.807) is 6.07 Å². The maximum absolute atomic E-state index is 6.01. The van der Waals surface area contributed by atoms with Crippen LogP contribution < -0.4 is 5.73 Å². The lowest BCUT2D eigenvalue weighted by Gasteiger charge is -2.23. The Morgan fingerprint density at radius 2 is 1.70 bits per heavy atom. The average Bonchev–Trinajstić information content (AvgIpc) is 2.42. The number of hydrogen-bond donors (Lipinski definition) is 1. The van der Waals surface area contributed by atoms with E-state index in [0.29, 0.717) is 5.02 Å². The van der Waals surface area contributed by atoms with Gasteiger partial charge in [-0.05, 0) is 31.5 Å². The van der Waals surface area contributed by atoms with Gasteiger partial charge in [0, 0.05) is 43.6 Å². The number of nitrogens with two attached hydrogens (primary N) is 1. The molecule has 1 aromatic rings.